The van der Waals surface area contributed by atoms with Gasteiger partial charge in [0, 0.05) is 6.54 Å². The zero-order chi connectivity index (χ0) is 13.9. The molecule has 0 fully saturated rings. The van der Waals surface area contributed by atoms with E-state index < -0.39 is 11.6 Å². The third kappa shape index (κ3) is 3.82. The van der Waals surface area contributed by atoms with Gasteiger partial charge in [0.05, 0.1) is 5.69 Å². The molecule has 5 heteroatoms. The molecule has 102 valence electrons. The summed E-state index contributed by atoms with van der Waals surface area (Å²) in [7, 11) is 0. The van der Waals surface area contributed by atoms with Gasteiger partial charge in [-0.15, -0.1) is 5.10 Å². The van der Waals surface area contributed by atoms with Gasteiger partial charge in [-0.25, -0.2) is 9.48 Å². The van der Waals surface area contributed by atoms with Gasteiger partial charge in [-0.2, -0.15) is 0 Å². The van der Waals surface area contributed by atoms with E-state index in [4.69, 9.17) is 4.74 Å². The lowest BCUT2D eigenvalue weighted by Crippen LogP contribution is -2.24. The maximum absolute atomic E-state index is 11.9. The fourth-order valence-electron chi connectivity index (χ4n) is 1.47. The van der Waals surface area contributed by atoms with Gasteiger partial charge in [-0.05, 0) is 33.6 Å². The Morgan fingerprint density at radius 1 is 1.44 bits per heavy atom. The molecule has 1 atom stereocenters. The molecule has 0 saturated carbocycles. The number of hydrogen-bond acceptors (Lipinski definition) is 4. The van der Waals surface area contributed by atoms with E-state index in [1.807, 2.05) is 27.7 Å². The number of nitrogens with zero attached hydrogens (tertiary/aromatic N) is 3. The summed E-state index contributed by atoms with van der Waals surface area (Å²) < 4.78 is 7.07. The minimum Gasteiger partial charge on any atom is -0.455 e. The maximum atomic E-state index is 11.9. The summed E-state index contributed by atoms with van der Waals surface area (Å²) in [6.45, 7) is 12.4. The van der Waals surface area contributed by atoms with Crippen LogP contribution in [0.5, 0.6) is 0 Å². The molecule has 0 N–H and O–H groups in total. The summed E-state index contributed by atoms with van der Waals surface area (Å²) in [6, 6.07) is 0. The normalized spacial score (nSPS) is 13.4. The minimum atomic E-state index is -0.510. The average molecular weight is 253 g/mol. The van der Waals surface area contributed by atoms with Crippen molar-refractivity contribution in [2.45, 2.75) is 60.1 Å². The van der Waals surface area contributed by atoms with E-state index in [0.29, 0.717) is 11.6 Å². The van der Waals surface area contributed by atoms with Crippen LogP contribution < -0.4 is 0 Å². The Balaban J connectivity index is 2.83. The molecule has 0 aromatic carbocycles. The van der Waals surface area contributed by atoms with Gasteiger partial charge in [0.15, 0.2) is 5.69 Å². The number of carbonyl (C=O) groups is 1. The molecule has 1 rings (SSSR count). The van der Waals surface area contributed by atoms with E-state index in [2.05, 4.69) is 24.2 Å². The molecule has 0 aliphatic heterocycles. The molecule has 18 heavy (non-hydrogen) atoms. The predicted molar refractivity (Wildman–Crippen MR) is 69.4 cm³/mol. The molecule has 1 aromatic rings. The van der Waals surface area contributed by atoms with Crippen molar-refractivity contribution < 1.29 is 9.53 Å². The highest BCUT2D eigenvalue weighted by Gasteiger charge is 2.23. The number of aromatic nitrogens is 3. The van der Waals surface area contributed by atoms with Crippen molar-refractivity contribution in [1.82, 2.24) is 15.0 Å². The molecular weight excluding hydrogens is 230 g/mol. The molecule has 0 aliphatic carbocycles. The molecular formula is C13H23N3O2. The first-order valence-electron chi connectivity index (χ1n) is 6.38. The molecule has 0 radical (unpaired) electrons. The number of carbonyl (C=O) groups excluding carboxylic acids is 1. The lowest BCUT2D eigenvalue weighted by atomic mass is 10.1. The van der Waals surface area contributed by atoms with Crippen molar-refractivity contribution in [3.05, 3.63) is 11.4 Å². The lowest BCUT2D eigenvalue weighted by Gasteiger charge is -2.18. The third-order valence-electron chi connectivity index (χ3n) is 2.76. The van der Waals surface area contributed by atoms with Crippen LogP contribution in [0.1, 0.15) is 57.2 Å². The highest BCUT2D eigenvalue weighted by Crippen LogP contribution is 2.14. The largest absolute Gasteiger partial charge is 0.455 e. The van der Waals surface area contributed by atoms with Crippen LogP contribution in [0.2, 0.25) is 0 Å². The second-order valence-corrected chi connectivity index (χ2v) is 5.72. The van der Waals surface area contributed by atoms with Gasteiger partial charge in [0.1, 0.15) is 5.60 Å². The van der Waals surface area contributed by atoms with Gasteiger partial charge in [0.25, 0.3) is 0 Å². The highest BCUT2D eigenvalue weighted by molar-refractivity contribution is 5.88. The van der Waals surface area contributed by atoms with Gasteiger partial charge in [-0.3, -0.25) is 0 Å². The topological polar surface area (TPSA) is 57.0 Å². The predicted octanol–water partition coefficient (Wildman–Crippen LogP) is 2.59. The summed E-state index contributed by atoms with van der Waals surface area (Å²) in [5, 5.41) is 7.95. The quantitative estimate of drug-likeness (QED) is 0.774. The van der Waals surface area contributed by atoms with Crippen molar-refractivity contribution in [3.8, 4) is 0 Å². The molecule has 5 nitrogen and oxygen atoms in total. The Bertz CT molecular complexity index is 418. The van der Waals surface area contributed by atoms with Crippen LogP contribution in [0.4, 0.5) is 0 Å². The van der Waals surface area contributed by atoms with Crippen LogP contribution in [-0.2, 0) is 11.3 Å². The monoisotopic (exact) mass is 253 g/mol. The summed E-state index contributed by atoms with van der Waals surface area (Å²) in [5.41, 5.74) is 0.571. The SMILES string of the molecule is CCC(C)Cn1nnc(C(=O)OC(C)(C)C)c1C. The van der Waals surface area contributed by atoms with Crippen LogP contribution in [0, 0.1) is 12.8 Å². The van der Waals surface area contributed by atoms with Crippen LogP contribution in [-0.4, -0.2) is 26.6 Å². The molecule has 0 spiro atoms. The van der Waals surface area contributed by atoms with E-state index in [1.165, 1.54) is 0 Å². The van der Waals surface area contributed by atoms with Crippen molar-refractivity contribution in [2.24, 2.45) is 5.92 Å². The Kier molecular flexibility index (Phi) is 4.48. The molecule has 0 saturated heterocycles. The van der Waals surface area contributed by atoms with Gasteiger partial charge >= 0.3 is 5.97 Å². The molecule has 1 heterocycles. The maximum Gasteiger partial charge on any atom is 0.361 e. The van der Waals surface area contributed by atoms with Gasteiger partial charge in [0.2, 0.25) is 0 Å². The van der Waals surface area contributed by atoms with E-state index in [9.17, 15) is 4.79 Å². The summed E-state index contributed by atoms with van der Waals surface area (Å²) >= 11 is 0. The van der Waals surface area contributed by atoms with E-state index in [0.717, 1.165) is 18.7 Å². The average Bonchev–Trinajstić information content (AvgIpc) is 2.58. The number of esters is 1. The summed E-state index contributed by atoms with van der Waals surface area (Å²) in [4.78, 5) is 11.9. The van der Waals surface area contributed by atoms with E-state index in [-0.39, 0.29) is 0 Å². The summed E-state index contributed by atoms with van der Waals surface area (Å²) in [6.07, 6.45) is 1.07. The zero-order valence-corrected chi connectivity index (χ0v) is 12.1. The van der Waals surface area contributed by atoms with Crippen LogP contribution in [0.25, 0.3) is 0 Å². The van der Waals surface area contributed by atoms with Gasteiger partial charge in [-0.1, -0.05) is 25.5 Å². The van der Waals surface area contributed by atoms with Crippen molar-refractivity contribution in [2.75, 3.05) is 0 Å². The Morgan fingerprint density at radius 3 is 2.56 bits per heavy atom. The highest BCUT2D eigenvalue weighted by atomic mass is 16.6. The zero-order valence-electron chi connectivity index (χ0n) is 12.1. The van der Waals surface area contributed by atoms with Crippen LogP contribution in [0.15, 0.2) is 0 Å². The number of hydrogen-bond donors (Lipinski definition) is 0. The standard InChI is InChI=1S/C13H23N3O2/c1-7-9(2)8-16-10(3)11(14-15-16)12(17)18-13(4,5)6/h9H,7-8H2,1-6H3. The number of ether oxygens (including phenoxy) is 1. The first kappa shape index (κ1) is 14.7. The fraction of sp³-hybridized carbons (Fsp3) is 0.769. The molecule has 0 aliphatic rings. The molecule has 1 unspecified atom stereocenters. The van der Waals surface area contributed by atoms with E-state index in [1.54, 1.807) is 4.68 Å². The van der Waals surface area contributed by atoms with Crippen molar-refractivity contribution >= 4 is 5.97 Å². The first-order valence-corrected chi connectivity index (χ1v) is 6.38. The van der Waals surface area contributed by atoms with Gasteiger partial charge < -0.3 is 4.74 Å². The molecule has 1 aromatic heterocycles. The van der Waals surface area contributed by atoms with Crippen LogP contribution >= 0.6 is 0 Å². The molecule has 0 bridgehead atoms. The Hall–Kier alpha value is -1.39. The summed E-state index contributed by atoms with van der Waals surface area (Å²) in [5.74, 6) is 0.104. The Morgan fingerprint density at radius 2 is 2.06 bits per heavy atom. The minimum absolute atomic E-state index is 0.313. The first-order chi connectivity index (χ1) is 8.24. The van der Waals surface area contributed by atoms with Crippen molar-refractivity contribution in [1.29, 1.82) is 0 Å². The van der Waals surface area contributed by atoms with E-state index >= 15 is 0 Å². The third-order valence-corrected chi connectivity index (χ3v) is 2.76. The lowest BCUT2D eigenvalue weighted by molar-refractivity contribution is 0.00618. The molecule has 0 amide bonds. The second kappa shape index (κ2) is 5.50. The van der Waals surface area contributed by atoms with Crippen molar-refractivity contribution in [3.63, 3.8) is 0 Å². The smallest absolute Gasteiger partial charge is 0.361 e. The Labute approximate surface area is 109 Å². The fourth-order valence-corrected chi connectivity index (χ4v) is 1.47. The van der Waals surface area contributed by atoms with Crippen LogP contribution in [0.3, 0.4) is 0 Å². The number of rotatable bonds is 4. The second-order valence-electron chi connectivity index (χ2n) is 5.72.